The highest BCUT2D eigenvalue weighted by atomic mass is 32.1. The summed E-state index contributed by atoms with van der Waals surface area (Å²) in [6.45, 7) is 3.71. The third-order valence-electron chi connectivity index (χ3n) is 7.38. The Hall–Kier alpha value is -5.55. The van der Waals surface area contributed by atoms with Gasteiger partial charge in [-0.1, -0.05) is 59.9 Å². The summed E-state index contributed by atoms with van der Waals surface area (Å²) in [7, 11) is 1.55. The number of nitrogens with zero attached hydrogens (tertiary/aromatic N) is 3. The van der Waals surface area contributed by atoms with E-state index in [4.69, 9.17) is 18.9 Å². The van der Waals surface area contributed by atoms with Crippen LogP contribution in [0.4, 0.5) is 5.69 Å². The minimum atomic E-state index is -0.854. The largest absolute Gasteiger partial charge is 0.497 e. The van der Waals surface area contributed by atoms with E-state index >= 15 is 0 Å². The predicted molar refractivity (Wildman–Crippen MR) is 170 cm³/mol. The zero-order valence-electron chi connectivity index (χ0n) is 24.6. The van der Waals surface area contributed by atoms with E-state index in [1.807, 2.05) is 43.3 Å². The molecular weight excluding hydrogens is 594 g/mol. The summed E-state index contributed by atoms with van der Waals surface area (Å²) in [6.07, 6.45) is 1.61. The van der Waals surface area contributed by atoms with Crippen molar-refractivity contribution in [3.63, 3.8) is 0 Å². The monoisotopic (exact) mass is 621 g/mol. The van der Waals surface area contributed by atoms with Gasteiger partial charge in [-0.15, -0.1) is 0 Å². The van der Waals surface area contributed by atoms with Gasteiger partial charge in [0.05, 0.1) is 40.5 Å². The lowest BCUT2D eigenvalue weighted by Gasteiger charge is -2.26. The first-order valence-electron chi connectivity index (χ1n) is 14.1. The molecule has 1 atom stereocenters. The van der Waals surface area contributed by atoms with Crippen LogP contribution in [-0.4, -0.2) is 29.2 Å². The van der Waals surface area contributed by atoms with E-state index in [1.165, 1.54) is 28.0 Å². The molecule has 0 N–H and O–H groups in total. The molecule has 0 spiro atoms. The van der Waals surface area contributed by atoms with Gasteiger partial charge < -0.3 is 13.9 Å². The van der Waals surface area contributed by atoms with Crippen LogP contribution in [0.2, 0.25) is 0 Å². The van der Waals surface area contributed by atoms with Gasteiger partial charge in [0.2, 0.25) is 0 Å². The van der Waals surface area contributed by atoms with Gasteiger partial charge in [0.25, 0.3) is 11.2 Å². The lowest BCUT2D eigenvalue weighted by molar-refractivity contribution is -0.384. The topological polar surface area (TPSA) is 126 Å². The van der Waals surface area contributed by atoms with Crippen LogP contribution >= 0.6 is 11.3 Å². The van der Waals surface area contributed by atoms with E-state index in [2.05, 4.69) is 0 Å². The fourth-order valence-corrected chi connectivity index (χ4v) is 6.24. The number of thiazole rings is 1. The number of carbonyl (C=O) groups is 1. The highest BCUT2D eigenvalue weighted by Gasteiger charge is 2.35. The maximum absolute atomic E-state index is 14.1. The van der Waals surface area contributed by atoms with E-state index in [0.717, 1.165) is 5.56 Å². The number of methoxy groups -OCH3 is 1. The molecule has 0 aliphatic carbocycles. The molecule has 1 aliphatic heterocycles. The van der Waals surface area contributed by atoms with Crippen LogP contribution in [0.1, 0.15) is 35.4 Å². The lowest BCUT2D eigenvalue weighted by atomic mass is 9.93. The van der Waals surface area contributed by atoms with Crippen molar-refractivity contribution in [2.45, 2.75) is 19.9 Å². The molecule has 3 heterocycles. The van der Waals surface area contributed by atoms with Crippen molar-refractivity contribution in [1.29, 1.82) is 0 Å². The highest BCUT2D eigenvalue weighted by Crippen LogP contribution is 2.36. The van der Waals surface area contributed by atoms with Crippen LogP contribution in [0, 0.1) is 17.0 Å². The van der Waals surface area contributed by atoms with Gasteiger partial charge in [0.1, 0.15) is 17.3 Å². The number of fused-ring (bicyclic) bond motifs is 1. The molecule has 0 unspecified atom stereocenters. The van der Waals surface area contributed by atoms with Crippen molar-refractivity contribution in [3.8, 4) is 17.1 Å². The molecule has 0 saturated carbocycles. The number of hydrogen-bond donors (Lipinski definition) is 0. The zero-order chi connectivity index (χ0) is 31.7. The Morgan fingerprint density at radius 3 is 2.62 bits per heavy atom. The van der Waals surface area contributed by atoms with Gasteiger partial charge in [-0.2, -0.15) is 0 Å². The van der Waals surface area contributed by atoms with Crippen molar-refractivity contribution >= 4 is 34.8 Å². The number of ether oxygens (including phenoxy) is 2. The Kier molecular flexibility index (Phi) is 8.01. The van der Waals surface area contributed by atoms with E-state index in [0.29, 0.717) is 49.0 Å². The maximum Gasteiger partial charge on any atom is 0.338 e. The summed E-state index contributed by atoms with van der Waals surface area (Å²) in [4.78, 5) is 43.9. The van der Waals surface area contributed by atoms with Crippen molar-refractivity contribution in [3.05, 3.63) is 143 Å². The van der Waals surface area contributed by atoms with Crippen LogP contribution in [0.15, 0.2) is 105 Å². The molecule has 3 aromatic carbocycles. The first kappa shape index (κ1) is 29.5. The summed E-state index contributed by atoms with van der Waals surface area (Å²) < 4.78 is 18.9. The molecular formula is C34H27N3O7S. The van der Waals surface area contributed by atoms with Gasteiger partial charge in [0.15, 0.2) is 4.80 Å². The number of hydrogen-bond acceptors (Lipinski definition) is 9. The third kappa shape index (κ3) is 5.61. The Morgan fingerprint density at radius 2 is 1.89 bits per heavy atom. The first-order valence-corrected chi connectivity index (χ1v) is 14.9. The van der Waals surface area contributed by atoms with E-state index in [9.17, 15) is 19.7 Å². The van der Waals surface area contributed by atoms with Gasteiger partial charge in [-0.25, -0.2) is 9.79 Å². The summed E-state index contributed by atoms with van der Waals surface area (Å²) in [6, 6.07) is 23.6. The van der Waals surface area contributed by atoms with Crippen LogP contribution in [-0.2, 0) is 9.53 Å². The second-order valence-corrected chi connectivity index (χ2v) is 11.2. The number of aryl methyl sites for hydroxylation is 1. The number of aromatic nitrogens is 1. The molecule has 11 heteroatoms. The maximum atomic E-state index is 14.1. The standard InChI is InChI=1S/C34H27N3O7S/c1-4-43-33(39)29-30(21-9-6-5-7-10-21)35-34-36(31(29)22-11-8-12-24(17-22)42-3)32(38)28(45-34)19-25-15-16-27(44-25)26-18-23(37(40)41)14-13-20(26)2/h5-19,31H,4H2,1-3H3/b28-19-/t31-/m1/s1. The number of esters is 1. The number of non-ortho nitro benzene ring substituents is 1. The molecule has 5 aromatic rings. The fourth-order valence-electron chi connectivity index (χ4n) is 5.26. The number of rotatable bonds is 8. The molecule has 6 rings (SSSR count). The Morgan fingerprint density at radius 1 is 1.09 bits per heavy atom. The molecule has 10 nitrogen and oxygen atoms in total. The molecule has 0 saturated heterocycles. The number of benzene rings is 3. The molecule has 45 heavy (non-hydrogen) atoms. The molecule has 2 aromatic heterocycles. The molecule has 226 valence electrons. The van der Waals surface area contributed by atoms with Crippen molar-refractivity contribution in [2.75, 3.05) is 13.7 Å². The Bertz CT molecular complexity index is 2160. The SMILES string of the molecule is CCOC(=O)C1=C(c2ccccc2)N=c2s/c(=C\c3ccc(-c4cc([N+](=O)[O-])ccc4C)o3)c(=O)n2[C@@H]1c1cccc(OC)c1. The summed E-state index contributed by atoms with van der Waals surface area (Å²) in [5, 5.41) is 11.3. The first-order chi connectivity index (χ1) is 21.8. The predicted octanol–water partition coefficient (Wildman–Crippen LogP) is 5.42. The molecule has 0 fully saturated rings. The van der Waals surface area contributed by atoms with Gasteiger partial charge in [-0.05, 0) is 49.2 Å². The summed E-state index contributed by atoms with van der Waals surface area (Å²) in [5.74, 6) is 0.799. The number of furan rings is 1. The normalized spacial score (nSPS) is 14.6. The fraction of sp³-hybridized carbons (Fsp3) is 0.147. The minimum Gasteiger partial charge on any atom is -0.497 e. The van der Waals surface area contributed by atoms with Crippen molar-refractivity contribution in [2.24, 2.45) is 4.99 Å². The van der Waals surface area contributed by atoms with Gasteiger partial charge in [-0.3, -0.25) is 19.5 Å². The van der Waals surface area contributed by atoms with Crippen LogP contribution in [0.25, 0.3) is 23.1 Å². The van der Waals surface area contributed by atoms with Crippen molar-refractivity contribution < 1.29 is 23.6 Å². The van der Waals surface area contributed by atoms with E-state index in [1.54, 1.807) is 56.5 Å². The molecule has 0 radical (unpaired) electrons. The smallest absolute Gasteiger partial charge is 0.338 e. The minimum absolute atomic E-state index is 0.0500. The summed E-state index contributed by atoms with van der Waals surface area (Å²) >= 11 is 1.17. The van der Waals surface area contributed by atoms with Crippen molar-refractivity contribution in [1.82, 2.24) is 4.57 Å². The average Bonchev–Trinajstić information content (AvgIpc) is 3.64. The Balaban J connectivity index is 1.55. The highest BCUT2D eigenvalue weighted by molar-refractivity contribution is 7.07. The molecule has 1 aliphatic rings. The van der Waals surface area contributed by atoms with Gasteiger partial charge in [0, 0.05) is 29.3 Å². The quantitative estimate of drug-likeness (QED) is 0.129. The second-order valence-electron chi connectivity index (χ2n) is 10.2. The third-order valence-corrected chi connectivity index (χ3v) is 8.36. The van der Waals surface area contributed by atoms with Crippen LogP contribution in [0.5, 0.6) is 5.75 Å². The van der Waals surface area contributed by atoms with Crippen LogP contribution in [0.3, 0.4) is 0 Å². The summed E-state index contributed by atoms with van der Waals surface area (Å²) in [5.41, 5.74) is 2.96. The van der Waals surface area contributed by atoms with E-state index in [-0.39, 0.29) is 23.4 Å². The average molecular weight is 622 g/mol. The van der Waals surface area contributed by atoms with E-state index < -0.39 is 16.9 Å². The second kappa shape index (κ2) is 12.2. The number of carbonyl (C=O) groups excluding carboxylic acids is 1. The van der Waals surface area contributed by atoms with Gasteiger partial charge >= 0.3 is 5.97 Å². The molecule has 0 amide bonds. The lowest BCUT2D eigenvalue weighted by Crippen LogP contribution is -2.40. The number of nitro groups is 1. The molecule has 0 bridgehead atoms. The zero-order valence-corrected chi connectivity index (χ0v) is 25.4. The van der Waals surface area contributed by atoms with Crippen LogP contribution < -0.4 is 19.6 Å². The number of nitro benzene ring substituents is 1. The Labute approximate surface area is 261 Å².